The van der Waals surface area contributed by atoms with Gasteiger partial charge in [-0.05, 0) is 39.6 Å². The molecule has 0 fully saturated rings. The third-order valence-electron chi connectivity index (χ3n) is 5.16. The van der Waals surface area contributed by atoms with Gasteiger partial charge in [0, 0.05) is 33.7 Å². The molecule has 1 heterocycles. The second kappa shape index (κ2) is 12.7. The standard InChI is InChI=1S/C23H36N6O7S/c1-23(2,3)36-22(31)29-12-11-27(5)37(32,33)28(6)20(24)19(25-4)21(30)26-17-9-7-8-10-18(17)35-16-15-34-14-13-29/h7-10H,4,11-16,24H2,1-3,5-6H3,(H,26,30)/b20-19-. The monoisotopic (exact) mass is 540 g/mol. The number of nitrogens with two attached hydrogens (primary N) is 1. The van der Waals surface area contributed by atoms with Gasteiger partial charge in [-0.15, -0.1) is 0 Å². The van der Waals surface area contributed by atoms with E-state index in [2.05, 4.69) is 17.0 Å². The number of amides is 2. The van der Waals surface area contributed by atoms with Gasteiger partial charge in [0.1, 0.15) is 23.8 Å². The maximum absolute atomic E-state index is 13.2. The summed E-state index contributed by atoms with van der Waals surface area (Å²) >= 11 is 0. The number of hydrogen-bond acceptors (Lipinski definition) is 9. The van der Waals surface area contributed by atoms with Crippen LogP contribution in [0, 0.1) is 0 Å². The zero-order valence-electron chi connectivity index (χ0n) is 21.9. The molecule has 1 aliphatic rings. The van der Waals surface area contributed by atoms with E-state index in [1.165, 1.54) is 19.0 Å². The number of benzene rings is 1. The maximum atomic E-state index is 13.2. The average molecular weight is 541 g/mol. The number of rotatable bonds is 1. The number of aliphatic imine (C=N–C) groups is 1. The van der Waals surface area contributed by atoms with Gasteiger partial charge < -0.3 is 30.2 Å². The molecule has 3 N–H and O–H groups in total. The molecule has 0 atom stereocenters. The van der Waals surface area contributed by atoms with E-state index in [1.54, 1.807) is 45.0 Å². The first-order valence-corrected chi connectivity index (χ1v) is 12.9. The van der Waals surface area contributed by atoms with Gasteiger partial charge in [-0.3, -0.25) is 9.79 Å². The number of nitrogens with one attached hydrogen (secondary N) is 1. The molecule has 14 heteroatoms. The Balaban J connectivity index is 2.41. The van der Waals surface area contributed by atoms with E-state index in [9.17, 15) is 18.0 Å². The highest BCUT2D eigenvalue weighted by Crippen LogP contribution is 2.25. The number of fused-ring (bicyclic) bond motifs is 1. The Morgan fingerprint density at radius 1 is 1.14 bits per heavy atom. The van der Waals surface area contributed by atoms with Crippen LogP contribution in [0.1, 0.15) is 20.8 Å². The minimum atomic E-state index is -4.20. The van der Waals surface area contributed by atoms with Crippen LogP contribution in [0.4, 0.5) is 10.5 Å². The third kappa shape index (κ3) is 8.33. The Hall–Kier alpha value is -3.36. The zero-order chi connectivity index (χ0) is 27.8. The molecule has 0 bridgehead atoms. The summed E-state index contributed by atoms with van der Waals surface area (Å²) in [6.07, 6.45) is -0.607. The van der Waals surface area contributed by atoms with Crippen LogP contribution in [0.2, 0.25) is 0 Å². The van der Waals surface area contributed by atoms with E-state index in [-0.39, 0.29) is 39.5 Å². The third-order valence-corrected chi connectivity index (χ3v) is 7.02. The van der Waals surface area contributed by atoms with E-state index in [4.69, 9.17) is 19.9 Å². The molecule has 0 unspecified atom stereocenters. The number of carbonyl (C=O) groups is 2. The van der Waals surface area contributed by atoms with Crippen LogP contribution in [-0.2, 0) is 24.5 Å². The van der Waals surface area contributed by atoms with Crippen molar-refractivity contribution in [3.63, 3.8) is 0 Å². The van der Waals surface area contributed by atoms with Gasteiger partial charge in [-0.25, -0.2) is 9.10 Å². The molecular formula is C23H36N6O7S. The molecule has 0 saturated carbocycles. The van der Waals surface area contributed by atoms with Crippen molar-refractivity contribution >= 4 is 34.6 Å². The van der Waals surface area contributed by atoms with Crippen molar-refractivity contribution in [1.29, 1.82) is 0 Å². The van der Waals surface area contributed by atoms with E-state index in [0.717, 1.165) is 8.61 Å². The summed E-state index contributed by atoms with van der Waals surface area (Å²) in [6, 6.07) is 6.67. The van der Waals surface area contributed by atoms with Gasteiger partial charge >= 0.3 is 16.3 Å². The highest BCUT2D eigenvalue weighted by Gasteiger charge is 2.30. The Morgan fingerprint density at radius 3 is 2.46 bits per heavy atom. The first-order chi connectivity index (χ1) is 17.3. The predicted octanol–water partition coefficient (Wildman–Crippen LogP) is 1.21. The SMILES string of the molecule is C=N/C1=C(/N)N(C)S(=O)(=O)N(C)CCN(C(=O)OC(C)(C)C)CCOCCOc2ccccc2NC1=O. The molecule has 13 nitrogen and oxygen atoms in total. The lowest BCUT2D eigenvalue weighted by Gasteiger charge is -2.30. The van der Waals surface area contributed by atoms with Gasteiger partial charge in [-0.1, -0.05) is 12.1 Å². The van der Waals surface area contributed by atoms with Crippen LogP contribution in [-0.4, -0.2) is 99.8 Å². The quantitative estimate of drug-likeness (QED) is 0.504. The predicted molar refractivity (Wildman–Crippen MR) is 139 cm³/mol. The molecule has 37 heavy (non-hydrogen) atoms. The van der Waals surface area contributed by atoms with E-state index in [0.29, 0.717) is 11.4 Å². The van der Waals surface area contributed by atoms with Crippen LogP contribution in [0.3, 0.4) is 0 Å². The summed E-state index contributed by atoms with van der Waals surface area (Å²) in [7, 11) is -1.68. The molecule has 1 aromatic carbocycles. The summed E-state index contributed by atoms with van der Waals surface area (Å²) in [5.74, 6) is -0.850. The average Bonchev–Trinajstić information content (AvgIpc) is 2.81. The fraction of sp³-hybridized carbons (Fsp3) is 0.522. The second-order valence-electron chi connectivity index (χ2n) is 9.07. The molecule has 0 aliphatic carbocycles. The summed E-state index contributed by atoms with van der Waals surface area (Å²) in [4.78, 5) is 30.7. The van der Waals surface area contributed by atoms with Crippen molar-refractivity contribution in [3.8, 4) is 5.75 Å². The lowest BCUT2D eigenvalue weighted by atomic mass is 10.2. The first-order valence-electron chi connectivity index (χ1n) is 11.5. The number of anilines is 1. The van der Waals surface area contributed by atoms with Crippen LogP contribution in [0.5, 0.6) is 5.75 Å². The van der Waals surface area contributed by atoms with Crippen molar-refractivity contribution in [1.82, 2.24) is 13.5 Å². The van der Waals surface area contributed by atoms with Crippen LogP contribution >= 0.6 is 0 Å². The molecule has 0 saturated heterocycles. The Morgan fingerprint density at radius 2 is 1.81 bits per heavy atom. The number of ether oxygens (including phenoxy) is 3. The summed E-state index contributed by atoms with van der Waals surface area (Å²) in [5.41, 5.74) is 5.24. The largest absolute Gasteiger partial charge is 0.489 e. The fourth-order valence-corrected chi connectivity index (χ4v) is 4.18. The molecule has 0 aromatic heterocycles. The van der Waals surface area contributed by atoms with Gasteiger partial charge in [0.05, 0.1) is 18.9 Å². The fourth-order valence-electron chi connectivity index (χ4n) is 3.11. The lowest BCUT2D eigenvalue weighted by Crippen LogP contribution is -2.47. The van der Waals surface area contributed by atoms with Crippen molar-refractivity contribution in [3.05, 3.63) is 35.8 Å². The van der Waals surface area contributed by atoms with E-state index < -0.39 is 39.3 Å². The first kappa shape index (κ1) is 29.9. The number of hydrogen-bond donors (Lipinski definition) is 2. The number of para-hydroxylation sites is 2. The topological polar surface area (TPSA) is 156 Å². The lowest BCUT2D eigenvalue weighted by molar-refractivity contribution is -0.113. The minimum absolute atomic E-state index is 0.0163. The molecule has 1 aromatic rings. The van der Waals surface area contributed by atoms with E-state index >= 15 is 0 Å². The Labute approximate surface area is 218 Å². The molecule has 0 spiro atoms. The van der Waals surface area contributed by atoms with Gasteiger partial charge in [0.2, 0.25) is 0 Å². The normalized spacial score (nSPS) is 21.1. The summed E-state index contributed by atoms with van der Waals surface area (Å²) < 4.78 is 44.9. The van der Waals surface area contributed by atoms with Gasteiger partial charge in [0.15, 0.2) is 5.70 Å². The molecular weight excluding hydrogens is 504 g/mol. The highest BCUT2D eigenvalue weighted by atomic mass is 32.2. The van der Waals surface area contributed by atoms with Crippen LogP contribution < -0.4 is 15.8 Å². The second-order valence-corrected chi connectivity index (χ2v) is 11.1. The molecule has 1 aliphatic heterocycles. The maximum Gasteiger partial charge on any atom is 0.410 e. The van der Waals surface area contributed by atoms with Crippen LogP contribution in [0.15, 0.2) is 40.8 Å². The van der Waals surface area contributed by atoms with Crippen LogP contribution in [0.25, 0.3) is 0 Å². The van der Waals surface area contributed by atoms with Crippen molar-refractivity contribution in [2.45, 2.75) is 26.4 Å². The van der Waals surface area contributed by atoms with Crippen molar-refractivity contribution in [2.24, 2.45) is 10.7 Å². The summed E-state index contributed by atoms with van der Waals surface area (Å²) in [5, 5.41) is 2.62. The number of carbonyl (C=O) groups excluding carboxylic acids is 2. The highest BCUT2D eigenvalue weighted by molar-refractivity contribution is 7.86. The smallest absolute Gasteiger partial charge is 0.410 e. The molecule has 206 valence electrons. The van der Waals surface area contributed by atoms with Gasteiger partial charge in [0.25, 0.3) is 5.91 Å². The molecule has 0 radical (unpaired) electrons. The van der Waals surface area contributed by atoms with Crippen molar-refractivity contribution < 1.29 is 32.2 Å². The van der Waals surface area contributed by atoms with E-state index in [1.807, 2.05) is 0 Å². The van der Waals surface area contributed by atoms with Gasteiger partial charge in [-0.2, -0.15) is 12.7 Å². The zero-order valence-corrected chi connectivity index (χ0v) is 22.7. The Kier molecular flexibility index (Phi) is 10.3. The minimum Gasteiger partial charge on any atom is -0.489 e. The Bertz CT molecular complexity index is 1120. The number of likely N-dealkylation sites (N-methyl/N-ethyl adjacent to an activating group) is 1. The summed E-state index contributed by atoms with van der Waals surface area (Å²) in [6.45, 7) is 9.22. The number of nitrogens with zero attached hydrogens (tertiary/aromatic N) is 4. The molecule has 2 amide bonds. The molecule has 2 rings (SSSR count). The van der Waals surface area contributed by atoms with Crippen molar-refractivity contribution in [2.75, 3.05) is 58.9 Å².